The average Bonchev–Trinajstić information content (AvgIpc) is 2.12. The van der Waals surface area contributed by atoms with Crippen LogP contribution in [-0.4, -0.2) is 20.0 Å². The molecule has 0 saturated heterocycles. The summed E-state index contributed by atoms with van der Waals surface area (Å²) in [5, 5.41) is 0. The predicted molar refractivity (Wildman–Crippen MR) is 51.1 cm³/mol. The Morgan fingerprint density at radius 2 is 1.75 bits per heavy atom. The lowest BCUT2D eigenvalue weighted by molar-refractivity contribution is -0.224. The molecule has 0 aromatic carbocycles. The van der Waals surface area contributed by atoms with Crippen molar-refractivity contribution < 1.29 is 9.47 Å². The molecule has 0 aliphatic rings. The zero-order chi connectivity index (χ0) is 9.61. The standard InChI is InChI=1S/C10H22O2/c1-6-7-8-9(2)10(3,11-4)12-5/h9H,6-8H2,1-5H3. The van der Waals surface area contributed by atoms with E-state index in [0.717, 1.165) is 6.42 Å². The Morgan fingerprint density at radius 1 is 1.25 bits per heavy atom. The van der Waals surface area contributed by atoms with Gasteiger partial charge in [-0.2, -0.15) is 0 Å². The maximum atomic E-state index is 5.32. The van der Waals surface area contributed by atoms with E-state index in [0.29, 0.717) is 5.92 Å². The number of hydrogen-bond acceptors (Lipinski definition) is 2. The van der Waals surface area contributed by atoms with Crippen molar-refractivity contribution in [1.82, 2.24) is 0 Å². The highest BCUT2D eigenvalue weighted by Crippen LogP contribution is 2.25. The summed E-state index contributed by atoms with van der Waals surface area (Å²) >= 11 is 0. The van der Waals surface area contributed by atoms with Crippen molar-refractivity contribution in [3.8, 4) is 0 Å². The molecule has 0 spiro atoms. The van der Waals surface area contributed by atoms with Crippen LogP contribution in [0.2, 0.25) is 0 Å². The number of unbranched alkanes of at least 4 members (excludes halogenated alkanes) is 1. The van der Waals surface area contributed by atoms with Gasteiger partial charge in [-0.3, -0.25) is 0 Å². The highest BCUT2D eigenvalue weighted by Gasteiger charge is 2.29. The van der Waals surface area contributed by atoms with Gasteiger partial charge in [0.05, 0.1) is 0 Å². The van der Waals surface area contributed by atoms with Gasteiger partial charge in [0.1, 0.15) is 0 Å². The summed E-state index contributed by atoms with van der Waals surface area (Å²) in [7, 11) is 3.40. The first kappa shape index (κ1) is 11.9. The van der Waals surface area contributed by atoms with Gasteiger partial charge in [-0.05, 0) is 13.3 Å². The van der Waals surface area contributed by atoms with E-state index in [9.17, 15) is 0 Å². The highest BCUT2D eigenvalue weighted by atomic mass is 16.7. The summed E-state index contributed by atoms with van der Waals surface area (Å²) in [5.74, 6) is 0.0438. The first-order valence-corrected chi connectivity index (χ1v) is 4.71. The molecule has 12 heavy (non-hydrogen) atoms. The lowest BCUT2D eigenvalue weighted by Gasteiger charge is -2.32. The SMILES string of the molecule is CCCCC(C)C(C)(OC)OC. The molecule has 2 nitrogen and oxygen atoms in total. The third kappa shape index (κ3) is 3.11. The van der Waals surface area contributed by atoms with Gasteiger partial charge < -0.3 is 9.47 Å². The van der Waals surface area contributed by atoms with Gasteiger partial charge in [-0.1, -0.05) is 26.7 Å². The third-order valence-electron chi connectivity index (χ3n) is 2.70. The quantitative estimate of drug-likeness (QED) is 0.576. The van der Waals surface area contributed by atoms with Crippen molar-refractivity contribution in [1.29, 1.82) is 0 Å². The Balaban J connectivity index is 3.93. The molecule has 0 aromatic rings. The van der Waals surface area contributed by atoms with Crippen LogP contribution < -0.4 is 0 Å². The largest absolute Gasteiger partial charge is 0.353 e. The molecular formula is C10H22O2. The second kappa shape index (κ2) is 5.55. The van der Waals surface area contributed by atoms with Crippen LogP contribution in [0.25, 0.3) is 0 Å². The van der Waals surface area contributed by atoms with Crippen molar-refractivity contribution in [3.05, 3.63) is 0 Å². The zero-order valence-corrected chi connectivity index (χ0v) is 9.02. The molecular weight excluding hydrogens is 152 g/mol. The smallest absolute Gasteiger partial charge is 0.167 e. The molecule has 0 aromatic heterocycles. The van der Waals surface area contributed by atoms with Gasteiger partial charge in [0.25, 0.3) is 0 Å². The minimum Gasteiger partial charge on any atom is -0.353 e. The molecule has 0 aliphatic carbocycles. The molecule has 0 saturated carbocycles. The molecule has 0 N–H and O–H groups in total. The van der Waals surface area contributed by atoms with Gasteiger partial charge in [0, 0.05) is 20.1 Å². The summed E-state index contributed by atoms with van der Waals surface area (Å²) in [5.41, 5.74) is 0. The second-order valence-corrected chi connectivity index (χ2v) is 3.47. The summed E-state index contributed by atoms with van der Waals surface area (Å²) < 4.78 is 10.6. The van der Waals surface area contributed by atoms with Gasteiger partial charge in [0.2, 0.25) is 0 Å². The fourth-order valence-electron chi connectivity index (χ4n) is 1.26. The van der Waals surface area contributed by atoms with E-state index in [-0.39, 0.29) is 0 Å². The second-order valence-electron chi connectivity index (χ2n) is 3.47. The molecule has 0 fully saturated rings. The zero-order valence-electron chi connectivity index (χ0n) is 9.02. The van der Waals surface area contributed by atoms with Crippen LogP contribution in [0.4, 0.5) is 0 Å². The summed E-state index contributed by atoms with van der Waals surface area (Å²) in [6, 6.07) is 0. The maximum Gasteiger partial charge on any atom is 0.167 e. The Morgan fingerprint density at radius 3 is 2.08 bits per heavy atom. The Hall–Kier alpha value is -0.0800. The van der Waals surface area contributed by atoms with E-state index in [2.05, 4.69) is 13.8 Å². The molecule has 1 unspecified atom stereocenters. The van der Waals surface area contributed by atoms with Gasteiger partial charge in [0.15, 0.2) is 5.79 Å². The summed E-state index contributed by atoms with van der Waals surface area (Å²) in [6.45, 7) is 6.36. The average molecular weight is 174 g/mol. The fraction of sp³-hybridized carbons (Fsp3) is 1.00. The molecule has 74 valence electrons. The van der Waals surface area contributed by atoms with Crippen LogP contribution in [0.5, 0.6) is 0 Å². The Bertz CT molecular complexity index is 108. The van der Waals surface area contributed by atoms with Crippen LogP contribution in [0.1, 0.15) is 40.0 Å². The summed E-state index contributed by atoms with van der Waals surface area (Å²) in [4.78, 5) is 0. The lowest BCUT2D eigenvalue weighted by atomic mass is 9.96. The van der Waals surface area contributed by atoms with Gasteiger partial charge in [-0.25, -0.2) is 0 Å². The highest BCUT2D eigenvalue weighted by molar-refractivity contribution is 4.70. The van der Waals surface area contributed by atoms with E-state index in [1.165, 1.54) is 12.8 Å². The number of methoxy groups -OCH3 is 2. The fourth-order valence-corrected chi connectivity index (χ4v) is 1.26. The monoisotopic (exact) mass is 174 g/mol. The van der Waals surface area contributed by atoms with E-state index in [1.54, 1.807) is 14.2 Å². The van der Waals surface area contributed by atoms with E-state index in [1.807, 2.05) is 6.92 Å². The van der Waals surface area contributed by atoms with E-state index in [4.69, 9.17) is 9.47 Å². The number of rotatable bonds is 6. The van der Waals surface area contributed by atoms with Crippen molar-refractivity contribution in [2.75, 3.05) is 14.2 Å². The molecule has 0 rings (SSSR count). The topological polar surface area (TPSA) is 18.5 Å². The molecule has 0 amide bonds. The first-order valence-electron chi connectivity index (χ1n) is 4.71. The van der Waals surface area contributed by atoms with Crippen LogP contribution in [0.3, 0.4) is 0 Å². The van der Waals surface area contributed by atoms with Crippen LogP contribution >= 0.6 is 0 Å². The predicted octanol–water partition coefficient (Wildman–Crippen LogP) is 2.82. The summed E-state index contributed by atoms with van der Waals surface area (Å²) in [6.07, 6.45) is 3.63. The molecule has 0 bridgehead atoms. The molecule has 0 radical (unpaired) electrons. The Labute approximate surface area is 76.3 Å². The van der Waals surface area contributed by atoms with Crippen LogP contribution in [-0.2, 0) is 9.47 Å². The van der Waals surface area contributed by atoms with E-state index < -0.39 is 5.79 Å². The Kier molecular flexibility index (Phi) is 5.51. The minimum absolute atomic E-state index is 0.408. The van der Waals surface area contributed by atoms with Gasteiger partial charge in [-0.15, -0.1) is 0 Å². The maximum absolute atomic E-state index is 5.32. The molecule has 0 heterocycles. The van der Waals surface area contributed by atoms with Gasteiger partial charge >= 0.3 is 0 Å². The lowest BCUT2D eigenvalue weighted by Crippen LogP contribution is -2.37. The van der Waals surface area contributed by atoms with Crippen molar-refractivity contribution in [2.45, 2.75) is 45.8 Å². The van der Waals surface area contributed by atoms with Crippen molar-refractivity contribution in [2.24, 2.45) is 5.92 Å². The van der Waals surface area contributed by atoms with E-state index >= 15 is 0 Å². The molecule has 1 atom stereocenters. The molecule has 2 heteroatoms. The first-order chi connectivity index (χ1) is 5.60. The van der Waals surface area contributed by atoms with Crippen LogP contribution in [0.15, 0.2) is 0 Å². The van der Waals surface area contributed by atoms with Crippen molar-refractivity contribution >= 4 is 0 Å². The number of ether oxygens (including phenoxy) is 2. The third-order valence-corrected chi connectivity index (χ3v) is 2.70. The normalized spacial score (nSPS) is 14.8. The van der Waals surface area contributed by atoms with Crippen LogP contribution in [0, 0.1) is 5.92 Å². The molecule has 0 aliphatic heterocycles. The minimum atomic E-state index is -0.408. The van der Waals surface area contributed by atoms with Crippen molar-refractivity contribution in [3.63, 3.8) is 0 Å². The number of hydrogen-bond donors (Lipinski definition) is 0.